The number of ether oxygens (including phenoxy) is 1. The molecule has 0 bridgehead atoms. The van der Waals surface area contributed by atoms with Crippen LogP contribution in [0.1, 0.15) is 5.56 Å². The first kappa shape index (κ1) is 17.9. The Morgan fingerprint density at radius 2 is 1.76 bits per heavy atom. The quantitative estimate of drug-likeness (QED) is 0.802. The zero-order chi connectivity index (χ0) is 17.5. The fraction of sp³-hybridized carbons (Fsp3) is 0.316. The van der Waals surface area contributed by atoms with E-state index in [2.05, 4.69) is 10.2 Å². The van der Waals surface area contributed by atoms with Crippen molar-refractivity contribution in [2.24, 2.45) is 0 Å². The van der Waals surface area contributed by atoms with Gasteiger partial charge in [0.1, 0.15) is 5.82 Å². The summed E-state index contributed by atoms with van der Waals surface area (Å²) in [4.78, 5) is 15.3. The molecule has 132 valence electrons. The molecule has 0 radical (unpaired) electrons. The van der Waals surface area contributed by atoms with Gasteiger partial charge in [0.05, 0.1) is 19.0 Å². The highest BCUT2D eigenvalue weighted by Crippen LogP contribution is 2.19. The third-order valence-electron chi connectivity index (χ3n) is 3.93. The molecule has 0 atom stereocenters. The molecule has 1 heterocycles. The van der Waals surface area contributed by atoms with Crippen molar-refractivity contribution < 1.29 is 13.9 Å². The molecule has 1 saturated heterocycles. The number of hydrogen-bond acceptors (Lipinski definition) is 4. The topological polar surface area (TPSA) is 41.6 Å². The van der Waals surface area contributed by atoms with Crippen molar-refractivity contribution in [1.82, 2.24) is 4.90 Å². The van der Waals surface area contributed by atoms with Gasteiger partial charge in [-0.05, 0) is 42.0 Å². The summed E-state index contributed by atoms with van der Waals surface area (Å²) >= 11 is 1.39. The molecule has 2 aromatic carbocycles. The van der Waals surface area contributed by atoms with Crippen LogP contribution in [0, 0.1) is 5.82 Å². The van der Waals surface area contributed by atoms with E-state index >= 15 is 0 Å². The summed E-state index contributed by atoms with van der Waals surface area (Å²) < 4.78 is 18.2. The zero-order valence-corrected chi connectivity index (χ0v) is 14.7. The van der Waals surface area contributed by atoms with Crippen molar-refractivity contribution >= 4 is 23.4 Å². The first-order valence-corrected chi connectivity index (χ1v) is 9.25. The number of amides is 1. The summed E-state index contributed by atoms with van der Waals surface area (Å²) in [7, 11) is 0. The van der Waals surface area contributed by atoms with E-state index in [4.69, 9.17) is 4.74 Å². The van der Waals surface area contributed by atoms with Gasteiger partial charge in [0.2, 0.25) is 5.91 Å². The largest absolute Gasteiger partial charge is 0.379 e. The Labute approximate surface area is 151 Å². The molecule has 0 saturated carbocycles. The van der Waals surface area contributed by atoms with E-state index in [0.717, 1.165) is 43.4 Å². The number of nitrogens with zero attached hydrogens (tertiary/aromatic N) is 1. The standard InChI is InChI=1S/C19H21FN2O2S/c20-16-3-7-18(8-4-16)25-14-19(23)21-17-5-1-15(2-6-17)13-22-9-11-24-12-10-22/h1-8H,9-14H2,(H,21,23). The minimum Gasteiger partial charge on any atom is -0.379 e. The number of carbonyl (C=O) groups excluding carboxylic acids is 1. The van der Waals surface area contributed by atoms with E-state index in [0.29, 0.717) is 5.75 Å². The molecule has 4 nitrogen and oxygen atoms in total. The summed E-state index contributed by atoms with van der Waals surface area (Å²) in [5, 5.41) is 2.89. The lowest BCUT2D eigenvalue weighted by molar-refractivity contribution is -0.113. The lowest BCUT2D eigenvalue weighted by atomic mass is 10.2. The highest BCUT2D eigenvalue weighted by molar-refractivity contribution is 8.00. The van der Waals surface area contributed by atoms with Crippen LogP contribution in [0.3, 0.4) is 0 Å². The smallest absolute Gasteiger partial charge is 0.234 e. The number of rotatable bonds is 6. The monoisotopic (exact) mass is 360 g/mol. The van der Waals surface area contributed by atoms with Gasteiger partial charge in [0.25, 0.3) is 0 Å². The zero-order valence-electron chi connectivity index (χ0n) is 13.9. The Kier molecular flexibility index (Phi) is 6.44. The summed E-state index contributed by atoms with van der Waals surface area (Å²) in [6.45, 7) is 4.40. The molecule has 0 aliphatic carbocycles. The number of carbonyl (C=O) groups is 1. The van der Waals surface area contributed by atoms with Crippen LogP contribution in [-0.4, -0.2) is 42.9 Å². The van der Waals surface area contributed by atoms with Gasteiger partial charge in [-0.25, -0.2) is 4.39 Å². The maximum Gasteiger partial charge on any atom is 0.234 e. The Bertz CT molecular complexity index is 686. The number of hydrogen-bond donors (Lipinski definition) is 1. The van der Waals surface area contributed by atoms with Crippen molar-refractivity contribution in [2.75, 3.05) is 37.4 Å². The highest BCUT2D eigenvalue weighted by Gasteiger charge is 2.10. The van der Waals surface area contributed by atoms with Gasteiger partial charge in [0, 0.05) is 30.2 Å². The summed E-state index contributed by atoms with van der Waals surface area (Å²) in [5.41, 5.74) is 2.01. The molecular formula is C19H21FN2O2S. The van der Waals surface area contributed by atoms with E-state index < -0.39 is 0 Å². The first-order chi connectivity index (χ1) is 12.2. The minimum absolute atomic E-state index is 0.0738. The van der Waals surface area contributed by atoms with E-state index in [1.807, 2.05) is 24.3 Å². The Morgan fingerprint density at radius 1 is 1.08 bits per heavy atom. The molecule has 0 spiro atoms. The van der Waals surface area contributed by atoms with Gasteiger partial charge in [-0.15, -0.1) is 11.8 Å². The lowest BCUT2D eigenvalue weighted by Crippen LogP contribution is -2.35. The Hall–Kier alpha value is -1.89. The second-order valence-electron chi connectivity index (χ2n) is 5.88. The van der Waals surface area contributed by atoms with Crippen molar-refractivity contribution in [3.63, 3.8) is 0 Å². The molecular weight excluding hydrogens is 339 g/mol. The van der Waals surface area contributed by atoms with E-state index in [1.165, 1.54) is 29.5 Å². The van der Waals surface area contributed by atoms with Crippen LogP contribution in [0.2, 0.25) is 0 Å². The maximum absolute atomic E-state index is 12.9. The van der Waals surface area contributed by atoms with Crippen LogP contribution in [-0.2, 0) is 16.1 Å². The van der Waals surface area contributed by atoms with Crippen LogP contribution in [0.15, 0.2) is 53.4 Å². The highest BCUT2D eigenvalue weighted by atomic mass is 32.2. The predicted molar refractivity (Wildman–Crippen MR) is 98.3 cm³/mol. The van der Waals surface area contributed by atoms with Crippen LogP contribution in [0.25, 0.3) is 0 Å². The molecule has 6 heteroatoms. The number of thioether (sulfide) groups is 1. The van der Waals surface area contributed by atoms with Gasteiger partial charge in [-0.2, -0.15) is 0 Å². The van der Waals surface area contributed by atoms with Crippen LogP contribution < -0.4 is 5.32 Å². The third-order valence-corrected chi connectivity index (χ3v) is 4.94. The van der Waals surface area contributed by atoms with Crippen molar-refractivity contribution in [1.29, 1.82) is 0 Å². The summed E-state index contributed by atoms with van der Waals surface area (Å²) in [6, 6.07) is 14.1. The third kappa shape index (κ3) is 5.85. The Balaban J connectivity index is 1.45. The average molecular weight is 360 g/mol. The summed E-state index contributed by atoms with van der Waals surface area (Å²) in [5.74, 6) is -0.0533. The maximum atomic E-state index is 12.9. The molecule has 3 rings (SSSR count). The van der Waals surface area contributed by atoms with E-state index in [9.17, 15) is 9.18 Å². The summed E-state index contributed by atoms with van der Waals surface area (Å²) in [6.07, 6.45) is 0. The fourth-order valence-corrected chi connectivity index (χ4v) is 3.29. The van der Waals surface area contributed by atoms with Gasteiger partial charge < -0.3 is 10.1 Å². The van der Waals surface area contributed by atoms with Crippen molar-refractivity contribution in [3.8, 4) is 0 Å². The SMILES string of the molecule is O=C(CSc1ccc(F)cc1)Nc1ccc(CN2CCOCC2)cc1. The van der Waals surface area contributed by atoms with Crippen LogP contribution in [0.4, 0.5) is 10.1 Å². The number of morpholine rings is 1. The number of halogens is 1. The minimum atomic E-state index is -0.272. The van der Waals surface area contributed by atoms with Gasteiger partial charge in [-0.3, -0.25) is 9.69 Å². The predicted octanol–water partition coefficient (Wildman–Crippen LogP) is 3.39. The Morgan fingerprint density at radius 3 is 2.44 bits per heavy atom. The second kappa shape index (κ2) is 8.99. The molecule has 1 amide bonds. The average Bonchev–Trinajstić information content (AvgIpc) is 2.64. The number of nitrogens with one attached hydrogen (secondary N) is 1. The first-order valence-electron chi connectivity index (χ1n) is 8.26. The molecule has 1 N–H and O–H groups in total. The van der Waals surface area contributed by atoms with Crippen LogP contribution >= 0.6 is 11.8 Å². The van der Waals surface area contributed by atoms with E-state index in [-0.39, 0.29) is 11.7 Å². The van der Waals surface area contributed by atoms with Crippen LogP contribution in [0.5, 0.6) is 0 Å². The van der Waals surface area contributed by atoms with Crippen molar-refractivity contribution in [2.45, 2.75) is 11.4 Å². The molecule has 25 heavy (non-hydrogen) atoms. The second-order valence-corrected chi connectivity index (χ2v) is 6.92. The molecule has 1 aliphatic rings. The number of benzene rings is 2. The molecule has 1 fully saturated rings. The van der Waals surface area contributed by atoms with Gasteiger partial charge >= 0.3 is 0 Å². The fourth-order valence-electron chi connectivity index (χ4n) is 2.59. The molecule has 0 unspecified atom stereocenters. The molecule has 2 aromatic rings. The normalized spacial score (nSPS) is 15.1. The van der Waals surface area contributed by atoms with Gasteiger partial charge in [-0.1, -0.05) is 12.1 Å². The van der Waals surface area contributed by atoms with E-state index in [1.54, 1.807) is 12.1 Å². The molecule has 1 aliphatic heterocycles. The molecule has 0 aromatic heterocycles. The van der Waals surface area contributed by atoms with Gasteiger partial charge in [0.15, 0.2) is 0 Å². The number of anilines is 1. The lowest BCUT2D eigenvalue weighted by Gasteiger charge is -2.26. The van der Waals surface area contributed by atoms with Crippen molar-refractivity contribution in [3.05, 3.63) is 59.9 Å².